The Kier molecular flexibility index (Phi) is 6.40. The molecule has 4 heterocycles. The van der Waals surface area contributed by atoms with Crippen LogP contribution < -0.4 is 0 Å². The van der Waals surface area contributed by atoms with E-state index >= 15 is 8.78 Å². The van der Waals surface area contributed by atoms with Crippen LogP contribution in [0.1, 0.15) is 59.3 Å². The molecule has 2 aliphatic carbocycles. The number of carbonyl (C=O) groups is 1. The van der Waals surface area contributed by atoms with Gasteiger partial charge in [-0.2, -0.15) is 13.9 Å². The summed E-state index contributed by atoms with van der Waals surface area (Å²) in [4.78, 5) is 25.6. The predicted molar refractivity (Wildman–Crippen MR) is 144 cm³/mol. The summed E-state index contributed by atoms with van der Waals surface area (Å²) in [5, 5.41) is 3.76. The second-order valence-corrected chi connectivity index (χ2v) is 11.2. The summed E-state index contributed by atoms with van der Waals surface area (Å²) < 4.78 is 86.6. The molecule has 12 heteroatoms. The van der Waals surface area contributed by atoms with Crippen molar-refractivity contribution < 1.29 is 31.1 Å². The Hall–Kier alpha value is -4.48. The van der Waals surface area contributed by atoms with Crippen LogP contribution in [0.4, 0.5) is 26.3 Å². The molecule has 0 aliphatic heterocycles. The summed E-state index contributed by atoms with van der Waals surface area (Å²) in [7, 11) is 0. The zero-order chi connectivity index (χ0) is 30.0. The van der Waals surface area contributed by atoms with E-state index in [2.05, 4.69) is 20.1 Å². The summed E-state index contributed by atoms with van der Waals surface area (Å²) >= 11 is 0. The van der Waals surface area contributed by atoms with Gasteiger partial charge in [0.15, 0.2) is 5.78 Å². The van der Waals surface area contributed by atoms with Crippen molar-refractivity contribution in [1.29, 1.82) is 0 Å². The number of H-pyrrole nitrogens is 1. The minimum Gasteiger partial charge on any atom is -0.360 e. The van der Waals surface area contributed by atoms with Crippen LogP contribution in [0.5, 0.6) is 0 Å². The van der Waals surface area contributed by atoms with Crippen molar-refractivity contribution in [2.24, 2.45) is 5.92 Å². The Balaban J connectivity index is 1.25. The summed E-state index contributed by atoms with van der Waals surface area (Å²) in [5.41, 5.74) is 2.00. The smallest absolute Gasteiger partial charge is 0.293 e. The van der Waals surface area contributed by atoms with Gasteiger partial charge < -0.3 is 4.98 Å². The molecule has 0 saturated heterocycles. The number of benzene rings is 1. The fraction of sp³-hybridized carbons (Fsp3) is 0.290. The highest BCUT2D eigenvalue weighted by molar-refractivity contribution is 5.82. The molecule has 5 aromatic rings. The fourth-order valence-corrected chi connectivity index (χ4v) is 6.43. The molecule has 1 N–H and O–H groups in total. The lowest BCUT2D eigenvalue weighted by Gasteiger charge is -2.20. The topological polar surface area (TPSA) is 76.5 Å². The minimum atomic E-state index is -3.36. The van der Waals surface area contributed by atoms with Crippen LogP contribution >= 0.6 is 0 Å². The van der Waals surface area contributed by atoms with Gasteiger partial charge >= 0.3 is 0 Å². The molecule has 220 valence electrons. The standard InChI is InChI=1S/C31H23F6N5O/c32-18-7-15(8-19(33)11-18)6-16(27-21(2-1-4-39-27)17-10-25-24(40-13-17)3-5-38-25)9-20(43)14-42-29-26(28(41-42)30(34)35)22-12-23(22)31(29,36)37/h1-5,7-8,10-11,13,16,22-23,30,38H,6,9,12,14H2/t16-,22?,23?/m1/s1. The van der Waals surface area contributed by atoms with Gasteiger partial charge in [0.1, 0.15) is 29.6 Å². The molecule has 43 heavy (non-hydrogen) atoms. The first kappa shape index (κ1) is 27.4. The van der Waals surface area contributed by atoms with Crippen molar-refractivity contribution in [3.05, 3.63) is 101 Å². The van der Waals surface area contributed by atoms with E-state index in [-0.39, 0.29) is 30.4 Å². The van der Waals surface area contributed by atoms with Crippen LogP contribution in [-0.4, -0.2) is 30.5 Å². The summed E-state index contributed by atoms with van der Waals surface area (Å²) in [6.45, 7) is -0.656. The Morgan fingerprint density at radius 1 is 1.07 bits per heavy atom. The van der Waals surface area contributed by atoms with Crippen molar-refractivity contribution in [3.8, 4) is 11.1 Å². The summed E-state index contributed by atoms with van der Waals surface area (Å²) in [6.07, 6.45) is 1.66. The average Bonchev–Trinajstić information content (AvgIpc) is 3.36. The van der Waals surface area contributed by atoms with E-state index in [4.69, 9.17) is 0 Å². The zero-order valence-electron chi connectivity index (χ0n) is 22.4. The number of nitrogens with one attached hydrogen (secondary N) is 1. The maximum Gasteiger partial charge on any atom is 0.293 e. The first-order valence-electron chi connectivity index (χ1n) is 13.7. The zero-order valence-corrected chi connectivity index (χ0v) is 22.4. The molecule has 4 aromatic heterocycles. The van der Waals surface area contributed by atoms with Gasteiger partial charge in [0.2, 0.25) is 0 Å². The molecular formula is C31H23F6N5O. The Labute approximate surface area is 240 Å². The highest BCUT2D eigenvalue weighted by atomic mass is 19.3. The average molecular weight is 596 g/mol. The number of hydrogen-bond donors (Lipinski definition) is 1. The van der Waals surface area contributed by atoms with E-state index in [0.717, 1.165) is 29.2 Å². The lowest BCUT2D eigenvalue weighted by molar-refractivity contribution is -0.120. The third-order valence-electron chi connectivity index (χ3n) is 8.31. The van der Waals surface area contributed by atoms with E-state index in [1.807, 2.05) is 12.1 Å². The van der Waals surface area contributed by atoms with Crippen molar-refractivity contribution in [3.63, 3.8) is 0 Å². The second kappa shape index (κ2) is 10.1. The number of carbonyl (C=O) groups excluding carboxylic acids is 1. The molecule has 7 rings (SSSR count). The molecule has 2 aliphatic rings. The molecule has 0 spiro atoms. The lowest BCUT2D eigenvalue weighted by Crippen LogP contribution is -2.24. The van der Waals surface area contributed by atoms with Gasteiger partial charge in [-0.05, 0) is 54.7 Å². The Morgan fingerprint density at radius 2 is 1.86 bits per heavy atom. The van der Waals surface area contributed by atoms with Crippen LogP contribution in [0.3, 0.4) is 0 Å². The first-order chi connectivity index (χ1) is 20.6. The minimum absolute atomic E-state index is 0.0115. The Morgan fingerprint density at radius 3 is 2.63 bits per heavy atom. The summed E-state index contributed by atoms with van der Waals surface area (Å²) in [6, 6.07) is 10.2. The number of rotatable bonds is 9. The van der Waals surface area contributed by atoms with Gasteiger partial charge in [-0.25, -0.2) is 17.6 Å². The van der Waals surface area contributed by atoms with Crippen LogP contribution in [0, 0.1) is 17.6 Å². The lowest BCUT2D eigenvalue weighted by atomic mass is 9.87. The van der Waals surface area contributed by atoms with Gasteiger partial charge in [-0.3, -0.25) is 19.4 Å². The van der Waals surface area contributed by atoms with Gasteiger partial charge in [-0.1, -0.05) is 6.07 Å². The largest absolute Gasteiger partial charge is 0.360 e. The normalized spacial score (nSPS) is 19.0. The molecular weight excluding hydrogens is 572 g/mol. The molecule has 1 fully saturated rings. The number of halogens is 6. The van der Waals surface area contributed by atoms with Crippen molar-refractivity contribution in [2.75, 3.05) is 0 Å². The number of ketones is 1. The number of fused-ring (bicyclic) bond motifs is 4. The van der Waals surface area contributed by atoms with E-state index in [0.29, 0.717) is 21.5 Å². The Bertz CT molecular complexity index is 1860. The number of nitrogens with zero attached hydrogens (tertiary/aromatic N) is 4. The maximum atomic E-state index is 15.1. The van der Waals surface area contributed by atoms with Gasteiger partial charge in [0.05, 0.1) is 16.7 Å². The van der Waals surface area contributed by atoms with Gasteiger partial charge in [0.25, 0.3) is 12.3 Å². The monoisotopic (exact) mass is 595 g/mol. The van der Waals surface area contributed by atoms with Crippen LogP contribution in [-0.2, 0) is 23.7 Å². The molecule has 1 saturated carbocycles. The van der Waals surface area contributed by atoms with Crippen LogP contribution in [0.15, 0.2) is 61.1 Å². The SMILES string of the molecule is O=C(C[C@@H](Cc1cc(F)cc(F)c1)c1ncccc1-c1cnc2cc[nH]c2c1)Cn1nc(C(F)F)c2c1C(F)(F)C1CC21. The van der Waals surface area contributed by atoms with Crippen molar-refractivity contribution in [1.82, 2.24) is 24.7 Å². The summed E-state index contributed by atoms with van der Waals surface area (Å²) in [5.74, 6) is -8.02. The quantitative estimate of drug-likeness (QED) is 0.183. The maximum absolute atomic E-state index is 15.1. The molecule has 0 radical (unpaired) electrons. The van der Waals surface area contributed by atoms with Crippen LogP contribution in [0.2, 0.25) is 0 Å². The number of Topliss-reactive ketones (excluding diaryl/α,β-unsaturated/α-hetero) is 1. The van der Waals surface area contributed by atoms with Crippen LogP contribution in [0.25, 0.3) is 22.2 Å². The molecule has 0 amide bonds. The number of alkyl halides is 4. The van der Waals surface area contributed by atoms with E-state index in [1.54, 1.807) is 24.5 Å². The van der Waals surface area contributed by atoms with Gasteiger partial charge in [0, 0.05) is 59.6 Å². The van der Waals surface area contributed by atoms with Crippen molar-refractivity contribution >= 4 is 16.8 Å². The predicted octanol–water partition coefficient (Wildman–Crippen LogP) is 7.23. The molecule has 3 atom stereocenters. The number of pyridine rings is 2. The molecule has 6 nitrogen and oxygen atoms in total. The van der Waals surface area contributed by atoms with E-state index < -0.39 is 65.5 Å². The van der Waals surface area contributed by atoms with E-state index in [1.165, 1.54) is 6.20 Å². The second-order valence-electron chi connectivity index (χ2n) is 11.2. The van der Waals surface area contributed by atoms with Gasteiger partial charge in [-0.15, -0.1) is 0 Å². The van der Waals surface area contributed by atoms with E-state index in [9.17, 15) is 22.4 Å². The third-order valence-corrected chi connectivity index (χ3v) is 8.31. The number of aromatic amines is 1. The highest BCUT2D eigenvalue weighted by Gasteiger charge is 2.67. The first-order valence-corrected chi connectivity index (χ1v) is 13.7. The third kappa shape index (κ3) is 4.78. The number of hydrogen-bond acceptors (Lipinski definition) is 4. The molecule has 2 unspecified atom stereocenters. The molecule has 0 bridgehead atoms. The molecule has 1 aromatic carbocycles. The van der Waals surface area contributed by atoms with Crippen molar-refractivity contribution in [2.45, 2.75) is 50.0 Å². The highest BCUT2D eigenvalue weighted by Crippen LogP contribution is 2.68. The fourth-order valence-electron chi connectivity index (χ4n) is 6.43. The number of aromatic nitrogens is 5.